The van der Waals surface area contributed by atoms with Crippen LogP contribution in [0.4, 0.5) is 13.2 Å². The lowest BCUT2D eigenvalue weighted by molar-refractivity contribution is -0.143. The summed E-state index contributed by atoms with van der Waals surface area (Å²) in [5.41, 5.74) is 6.13. The summed E-state index contributed by atoms with van der Waals surface area (Å²) in [5, 5.41) is 9.03. The molecule has 0 amide bonds. The van der Waals surface area contributed by atoms with Crippen LogP contribution in [0.15, 0.2) is 24.3 Å². The van der Waals surface area contributed by atoms with E-state index in [1.807, 2.05) is 0 Å². The molecule has 2 heterocycles. The molecule has 0 aliphatic carbocycles. The molecule has 2 fully saturated rings. The van der Waals surface area contributed by atoms with Crippen molar-refractivity contribution in [1.29, 1.82) is 0 Å². The minimum atomic E-state index is -4.35. The zero-order chi connectivity index (χ0) is 17.3. The smallest absolute Gasteiger partial charge is 0.416 e. The van der Waals surface area contributed by atoms with Crippen molar-refractivity contribution in [3.63, 3.8) is 0 Å². The fourth-order valence-corrected chi connectivity index (χ4v) is 3.39. The van der Waals surface area contributed by atoms with E-state index in [4.69, 9.17) is 5.11 Å². The number of rotatable bonds is 3. The first kappa shape index (κ1) is 17.2. The van der Waals surface area contributed by atoms with Crippen molar-refractivity contribution >= 4 is 5.97 Å². The van der Waals surface area contributed by atoms with Gasteiger partial charge in [-0.3, -0.25) is 9.69 Å². The number of nitrogens with zero attached hydrogens (tertiary/aromatic N) is 1. The molecule has 2 aliphatic heterocycles. The Kier molecular flexibility index (Phi) is 4.80. The van der Waals surface area contributed by atoms with Crippen molar-refractivity contribution in [2.45, 2.75) is 37.6 Å². The molecular formula is C16H20F3N3O2. The van der Waals surface area contributed by atoms with E-state index >= 15 is 0 Å². The molecule has 2 aliphatic rings. The van der Waals surface area contributed by atoms with Gasteiger partial charge in [-0.15, -0.1) is 0 Å². The van der Waals surface area contributed by atoms with Gasteiger partial charge >= 0.3 is 12.1 Å². The molecule has 0 aromatic heterocycles. The molecule has 1 aromatic rings. The molecule has 24 heavy (non-hydrogen) atoms. The van der Waals surface area contributed by atoms with E-state index in [2.05, 4.69) is 15.8 Å². The highest BCUT2D eigenvalue weighted by atomic mass is 19.4. The van der Waals surface area contributed by atoms with E-state index in [-0.39, 0.29) is 18.1 Å². The number of carboxylic acid groups (broad SMARTS) is 1. The van der Waals surface area contributed by atoms with Gasteiger partial charge in [0.1, 0.15) is 0 Å². The van der Waals surface area contributed by atoms with Gasteiger partial charge in [-0.05, 0) is 37.0 Å². The van der Waals surface area contributed by atoms with Crippen molar-refractivity contribution in [2.24, 2.45) is 5.92 Å². The van der Waals surface area contributed by atoms with E-state index in [9.17, 15) is 18.0 Å². The topological polar surface area (TPSA) is 64.6 Å². The summed E-state index contributed by atoms with van der Waals surface area (Å²) in [5.74, 6) is -1.05. The van der Waals surface area contributed by atoms with Crippen molar-refractivity contribution in [3.05, 3.63) is 35.4 Å². The van der Waals surface area contributed by atoms with Gasteiger partial charge in [0.15, 0.2) is 0 Å². The number of nitrogens with one attached hydrogen (secondary N) is 2. The van der Waals surface area contributed by atoms with E-state index in [0.717, 1.165) is 6.07 Å². The number of hydrazine groups is 1. The molecule has 132 valence electrons. The molecular weight excluding hydrogens is 323 g/mol. The molecule has 1 aromatic carbocycles. The first-order valence-electron chi connectivity index (χ1n) is 7.99. The number of benzene rings is 1. The first-order chi connectivity index (χ1) is 11.3. The zero-order valence-corrected chi connectivity index (χ0v) is 13.0. The minimum absolute atomic E-state index is 0.000659. The van der Waals surface area contributed by atoms with Gasteiger partial charge in [0.05, 0.1) is 17.6 Å². The monoisotopic (exact) mass is 343 g/mol. The molecule has 5 nitrogen and oxygen atoms in total. The third-order valence-electron chi connectivity index (χ3n) is 4.82. The molecule has 3 rings (SSSR count). The minimum Gasteiger partial charge on any atom is -0.481 e. The molecule has 2 saturated heterocycles. The summed E-state index contributed by atoms with van der Waals surface area (Å²) in [7, 11) is 0. The number of aliphatic carboxylic acids is 1. The second kappa shape index (κ2) is 6.70. The van der Waals surface area contributed by atoms with Crippen molar-refractivity contribution in [3.8, 4) is 0 Å². The number of piperidine rings is 1. The van der Waals surface area contributed by atoms with Crippen molar-refractivity contribution in [2.75, 3.05) is 13.1 Å². The summed E-state index contributed by atoms with van der Waals surface area (Å²) in [6.07, 6.45) is -2.51. The summed E-state index contributed by atoms with van der Waals surface area (Å²) in [4.78, 5) is 13.1. The van der Waals surface area contributed by atoms with Crippen LogP contribution >= 0.6 is 0 Å². The van der Waals surface area contributed by atoms with Crippen LogP contribution in [0.2, 0.25) is 0 Å². The Morgan fingerprint density at radius 2 is 1.92 bits per heavy atom. The highest BCUT2D eigenvalue weighted by Gasteiger charge is 2.35. The fraction of sp³-hybridized carbons (Fsp3) is 0.562. The highest BCUT2D eigenvalue weighted by molar-refractivity contribution is 5.70. The second-order valence-corrected chi connectivity index (χ2v) is 6.36. The number of hydrogen-bond donors (Lipinski definition) is 3. The predicted molar refractivity (Wildman–Crippen MR) is 80.8 cm³/mol. The van der Waals surface area contributed by atoms with Crippen molar-refractivity contribution < 1.29 is 23.1 Å². The Labute approximate surface area is 137 Å². The summed E-state index contributed by atoms with van der Waals surface area (Å²) in [6.45, 7) is 1.34. The van der Waals surface area contributed by atoms with Gasteiger partial charge in [0.25, 0.3) is 0 Å². The highest BCUT2D eigenvalue weighted by Crippen LogP contribution is 2.33. The lowest BCUT2D eigenvalue weighted by atomic mass is 9.95. The number of halogens is 3. The summed E-state index contributed by atoms with van der Waals surface area (Å²) in [6, 6.07) is 5.16. The molecule has 2 atom stereocenters. The van der Waals surface area contributed by atoms with Crippen LogP contribution in [0, 0.1) is 5.92 Å². The fourth-order valence-electron chi connectivity index (χ4n) is 3.39. The molecule has 8 heteroatoms. The molecule has 0 spiro atoms. The number of hydrogen-bond acceptors (Lipinski definition) is 4. The number of carbonyl (C=O) groups is 1. The molecule has 3 N–H and O–H groups in total. The second-order valence-electron chi connectivity index (χ2n) is 6.36. The number of likely N-dealkylation sites (tertiary alicyclic amines) is 1. The van der Waals surface area contributed by atoms with E-state index in [0.29, 0.717) is 37.9 Å². The van der Waals surface area contributed by atoms with Gasteiger partial charge in [-0.25, -0.2) is 10.9 Å². The Morgan fingerprint density at radius 3 is 2.54 bits per heavy atom. The summed E-state index contributed by atoms with van der Waals surface area (Å²) >= 11 is 0. The van der Waals surface area contributed by atoms with Crippen molar-refractivity contribution in [1.82, 2.24) is 15.8 Å². The van der Waals surface area contributed by atoms with Gasteiger partial charge < -0.3 is 5.11 Å². The SMILES string of the molecule is O=C(O)C1CCN(C2CC(c3cccc(C(F)(F)F)c3)NN2)CC1. The quantitative estimate of drug-likeness (QED) is 0.786. The van der Waals surface area contributed by atoms with Gasteiger partial charge in [0, 0.05) is 19.1 Å². The van der Waals surface area contributed by atoms with Crippen LogP contribution in [-0.4, -0.2) is 35.2 Å². The maximum atomic E-state index is 12.8. The third-order valence-corrected chi connectivity index (χ3v) is 4.82. The lowest BCUT2D eigenvalue weighted by Gasteiger charge is -2.34. The lowest BCUT2D eigenvalue weighted by Crippen LogP contribution is -2.48. The van der Waals surface area contributed by atoms with E-state index in [1.54, 1.807) is 6.07 Å². The largest absolute Gasteiger partial charge is 0.481 e. The molecule has 2 unspecified atom stereocenters. The number of carboxylic acids is 1. The van der Waals surface area contributed by atoms with Crippen LogP contribution in [0.5, 0.6) is 0 Å². The molecule has 0 radical (unpaired) electrons. The van der Waals surface area contributed by atoms with Crippen LogP contribution in [0.3, 0.4) is 0 Å². The van der Waals surface area contributed by atoms with Gasteiger partial charge in [-0.1, -0.05) is 12.1 Å². The van der Waals surface area contributed by atoms with E-state index < -0.39 is 17.7 Å². The van der Waals surface area contributed by atoms with E-state index in [1.165, 1.54) is 12.1 Å². The van der Waals surface area contributed by atoms with Gasteiger partial charge in [0.2, 0.25) is 0 Å². The Morgan fingerprint density at radius 1 is 1.21 bits per heavy atom. The molecule has 0 saturated carbocycles. The van der Waals surface area contributed by atoms with Crippen LogP contribution < -0.4 is 10.9 Å². The Bertz CT molecular complexity index is 600. The Hall–Kier alpha value is -1.64. The number of alkyl halides is 3. The van der Waals surface area contributed by atoms with Crippen LogP contribution in [0.25, 0.3) is 0 Å². The first-order valence-corrected chi connectivity index (χ1v) is 7.99. The van der Waals surface area contributed by atoms with Crippen LogP contribution in [-0.2, 0) is 11.0 Å². The molecule has 0 bridgehead atoms. The zero-order valence-electron chi connectivity index (χ0n) is 13.0. The normalized spacial score (nSPS) is 26.6. The average molecular weight is 343 g/mol. The maximum Gasteiger partial charge on any atom is 0.416 e. The standard InChI is InChI=1S/C16H20F3N3O2/c17-16(18,19)12-3-1-2-11(8-12)13-9-14(21-20-13)22-6-4-10(5-7-22)15(23)24/h1-3,8,10,13-14,20-21H,4-7,9H2,(H,23,24). The average Bonchev–Trinajstić information content (AvgIpc) is 3.04. The predicted octanol–water partition coefficient (Wildman–Crippen LogP) is 2.37. The third kappa shape index (κ3) is 3.71. The summed E-state index contributed by atoms with van der Waals surface area (Å²) < 4.78 is 38.5. The van der Waals surface area contributed by atoms with Gasteiger partial charge in [-0.2, -0.15) is 13.2 Å². The maximum absolute atomic E-state index is 12.8. The van der Waals surface area contributed by atoms with Crippen LogP contribution in [0.1, 0.15) is 36.4 Å². The Balaban J connectivity index is 1.61.